The molecule has 0 unspecified atom stereocenters. The van der Waals surface area contributed by atoms with Crippen LogP contribution >= 0.6 is 0 Å². The Morgan fingerprint density at radius 1 is 1.03 bits per heavy atom. The number of aliphatic hydroxyl groups is 1. The average molecular weight is 480 g/mol. The van der Waals surface area contributed by atoms with Gasteiger partial charge in [-0.2, -0.15) is 0 Å². The molecule has 2 saturated heterocycles. The van der Waals surface area contributed by atoms with Crippen molar-refractivity contribution >= 4 is 11.7 Å². The summed E-state index contributed by atoms with van der Waals surface area (Å²) in [6.07, 6.45) is 6.68. The average Bonchev–Trinajstić information content (AvgIpc) is 2.86. The second-order valence-corrected chi connectivity index (χ2v) is 9.04. The second kappa shape index (κ2) is 10.1. The number of hydrogen-bond donors (Lipinski definition) is 2. The van der Waals surface area contributed by atoms with E-state index in [1.807, 2.05) is 12.1 Å². The molecule has 0 radical (unpaired) electrons. The number of carbonyl (C=O) groups is 1. The molecule has 5 rings (SSSR count). The molecule has 0 saturated carbocycles. The van der Waals surface area contributed by atoms with Crippen LogP contribution in [0.4, 0.5) is 19.3 Å². The molecule has 0 aliphatic carbocycles. The molecule has 3 atom stereocenters. The minimum atomic E-state index is -0.681. The minimum Gasteiger partial charge on any atom is -0.395 e. The predicted octanol–water partition coefficient (Wildman–Crippen LogP) is 3.88. The minimum absolute atomic E-state index is 0.0152. The standard InChI is InChI=1S/C26H27F2N5O2/c27-20-7-8-21(28)22(11-20)31-26(35)32-9-1-2-10-33-23(14-32)25(24(33)15-34)18-5-3-17(4-6-18)19-12-29-16-30-13-19/h3-8,11-13,16,23-25,34H,1-2,9-10,14-15H2,(H,31,35)/t23-,24+,25-/m0/s1. The number of aliphatic hydroxyl groups excluding tert-OH is 1. The summed E-state index contributed by atoms with van der Waals surface area (Å²) in [5.41, 5.74) is 2.84. The van der Waals surface area contributed by atoms with Crippen LogP contribution in [-0.2, 0) is 0 Å². The normalized spacial score (nSPS) is 22.5. The van der Waals surface area contributed by atoms with Gasteiger partial charge < -0.3 is 15.3 Å². The summed E-state index contributed by atoms with van der Waals surface area (Å²) < 4.78 is 27.7. The molecule has 3 heterocycles. The fourth-order valence-electron chi connectivity index (χ4n) is 5.26. The molecule has 2 amide bonds. The maximum Gasteiger partial charge on any atom is 0.321 e. The molecule has 7 nitrogen and oxygen atoms in total. The molecule has 182 valence electrons. The Hall–Kier alpha value is -3.43. The van der Waals surface area contributed by atoms with E-state index in [-0.39, 0.29) is 30.3 Å². The van der Waals surface area contributed by atoms with Crippen molar-refractivity contribution in [1.82, 2.24) is 19.8 Å². The zero-order chi connectivity index (χ0) is 24.4. The summed E-state index contributed by atoms with van der Waals surface area (Å²) in [6.45, 7) is 1.82. The number of amides is 2. The van der Waals surface area contributed by atoms with E-state index in [0.29, 0.717) is 13.1 Å². The zero-order valence-electron chi connectivity index (χ0n) is 19.1. The van der Waals surface area contributed by atoms with Gasteiger partial charge in [0, 0.05) is 55.1 Å². The Bertz CT molecular complexity index is 1180. The van der Waals surface area contributed by atoms with Gasteiger partial charge in [-0.15, -0.1) is 0 Å². The Balaban J connectivity index is 1.35. The van der Waals surface area contributed by atoms with E-state index in [2.05, 4.69) is 32.3 Å². The van der Waals surface area contributed by atoms with E-state index in [0.717, 1.165) is 54.3 Å². The molecule has 0 spiro atoms. The summed E-state index contributed by atoms with van der Waals surface area (Å²) in [6, 6.07) is 10.7. The summed E-state index contributed by atoms with van der Waals surface area (Å²) in [7, 11) is 0. The van der Waals surface area contributed by atoms with Crippen LogP contribution in [-0.4, -0.2) is 69.2 Å². The third-order valence-electron chi connectivity index (χ3n) is 7.02. The van der Waals surface area contributed by atoms with E-state index in [4.69, 9.17) is 0 Å². The van der Waals surface area contributed by atoms with Crippen LogP contribution in [0, 0.1) is 11.6 Å². The number of hydrogen-bond acceptors (Lipinski definition) is 5. The number of urea groups is 1. The number of fused-ring (bicyclic) bond motifs is 1. The molecule has 0 bridgehead atoms. The molecule has 3 aromatic rings. The van der Waals surface area contributed by atoms with Crippen LogP contribution in [0.5, 0.6) is 0 Å². The van der Waals surface area contributed by atoms with E-state index < -0.39 is 17.7 Å². The molecule has 9 heteroatoms. The lowest BCUT2D eigenvalue weighted by Crippen LogP contribution is -2.68. The number of benzene rings is 2. The summed E-state index contributed by atoms with van der Waals surface area (Å²) >= 11 is 0. The van der Waals surface area contributed by atoms with Gasteiger partial charge in [0.1, 0.15) is 18.0 Å². The molecule has 2 fully saturated rings. The van der Waals surface area contributed by atoms with Gasteiger partial charge in [0.15, 0.2) is 0 Å². The molecule has 2 aromatic carbocycles. The highest BCUT2D eigenvalue weighted by molar-refractivity contribution is 5.89. The summed E-state index contributed by atoms with van der Waals surface area (Å²) in [5.74, 6) is -1.25. The SMILES string of the molecule is O=C(Nc1cc(F)ccc1F)N1CCCCN2[C@H](CO)[C@@H](c3ccc(-c4cncnc4)cc3)[C@@H]2C1. The highest BCUT2D eigenvalue weighted by Gasteiger charge is 2.49. The monoisotopic (exact) mass is 479 g/mol. The van der Waals surface area contributed by atoms with Crippen LogP contribution in [0.15, 0.2) is 61.2 Å². The van der Waals surface area contributed by atoms with Crippen molar-refractivity contribution in [1.29, 1.82) is 0 Å². The zero-order valence-corrected chi connectivity index (χ0v) is 19.1. The first-order chi connectivity index (χ1) is 17.0. The van der Waals surface area contributed by atoms with Crippen LogP contribution in [0.3, 0.4) is 0 Å². The molecule has 2 aliphatic heterocycles. The maximum absolute atomic E-state index is 14.1. The van der Waals surface area contributed by atoms with Gasteiger partial charge in [0.25, 0.3) is 0 Å². The van der Waals surface area contributed by atoms with Crippen molar-refractivity contribution in [3.8, 4) is 11.1 Å². The van der Waals surface area contributed by atoms with Crippen molar-refractivity contribution in [2.45, 2.75) is 30.8 Å². The van der Waals surface area contributed by atoms with Gasteiger partial charge in [0.2, 0.25) is 0 Å². The molecule has 1 aromatic heterocycles. The van der Waals surface area contributed by atoms with Gasteiger partial charge in [-0.25, -0.2) is 23.5 Å². The summed E-state index contributed by atoms with van der Waals surface area (Å²) in [5, 5.41) is 12.7. The van der Waals surface area contributed by atoms with Crippen molar-refractivity contribution < 1.29 is 18.7 Å². The lowest BCUT2D eigenvalue weighted by atomic mass is 9.74. The molecule has 35 heavy (non-hydrogen) atoms. The first-order valence-electron chi connectivity index (χ1n) is 11.8. The molecular formula is C26H27F2N5O2. The Morgan fingerprint density at radius 2 is 1.77 bits per heavy atom. The first-order valence-corrected chi connectivity index (χ1v) is 11.8. The Morgan fingerprint density at radius 3 is 2.51 bits per heavy atom. The highest BCUT2D eigenvalue weighted by atomic mass is 19.1. The lowest BCUT2D eigenvalue weighted by molar-refractivity contribution is -0.0585. The number of aromatic nitrogens is 2. The number of carbonyl (C=O) groups excluding carboxylic acids is 1. The highest BCUT2D eigenvalue weighted by Crippen LogP contribution is 2.42. The van der Waals surface area contributed by atoms with Gasteiger partial charge in [-0.1, -0.05) is 24.3 Å². The van der Waals surface area contributed by atoms with Crippen LogP contribution in [0.2, 0.25) is 0 Å². The van der Waals surface area contributed by atoms with Crippen molar-refractivity contribution in [2.75, 3.05) is 31.6 Å². The van der Waals surface area contributed by atoms with Crippen molar-refractivity contribution in [2.24, 2.45) is 0 Å². The van der Waals surface area contributed by atoms with E-state index in [9.17, 15) is 18.7 Å². The van der Waals surface area contributed by atoms with Gasteiger partial charge in [-0.3, -0.25) is 4.90 Å². The van der Waals surface area contributed by atoms with E-state index >= 15 is 0 Å². The van der Waals surface area contributed by atoms with E-state index in [1.165, 1.54) is 6.33 Å². The topological polar surface area (TPSA) is 81.6 Å². The lowest BCUT2D eigenvalue weighted by Gasteiger charge is -2.57. The van der Waals surface area contributed by atoms with Crippen molar-refractivity contribution in [3.63, 3.8) is 0 Å². The van der Waals surface area contributed by atoms with Crippen LogP contribution in [0.1, 0.15) is 24.3 Å². The van der Waals surface area contributed by atoms with Gasteiger partial charge in [-0.05, 0) is 42.6 Å². The molecular weight excluding hydrogens is 452 g/mol. The number of rotatable bonds is 4. The Labute approximate surface area is 202 Å². The molecule has 2 aliphatic rings. The Kier molecular flexibility index (Phi) is 6.70. The quantitative estimate of drug-likeness (QED) is 0.594. The third-order valence-corrected chi connectivity index (χ3v) is 7.02. The van der Waals surface area contributed by atoms with E-state index in [1.54, 1.807) is 17.3 Å². The fourth-order valence-corrected chi connectivity index (χ4v) is 5.26. The van der Waals surface area contributed by atoms with Crippen LogP contribution in [0.25, 0.3) is 11.1 Å². The van der Waals surface area contributed by atoms with Gasteiger partial charge in [0.05, 0.1) is 12.3 Å². The third kappa shape index (κ3) is 4.74. The van der Waals surface area contributed by atoms with Crippen molar-refractivity contribution in [3.05, 3.63) is 78.4 Å². The number of nitrogens with zero attached hydrogens (tertiary/aromatic N) is 4. The van der Waals surface area contributed by atoms with Gasteiger partial charge >= 0.3 is 6.03 Å². The summed E-state index contributed by atoms with van der Waals surface area (Å²) in [4.78, 5) is 25.1. The second-order valence-electron chi connectivity index (χ2n) is 9.04. The predicted molar refractivity (Wildman–Crippen MR) is 128 cm³/mol. The first kappa shape index (κ1) is 23.3. The number of halogens is 2. The smallest absolute Gasteiger partial charge is 0.321 e. The number of nitrogens with one attached hydrogen (secondary N) is 1. The fraction of sp³-hybridized carbons (Fsp3) is 0.346. The number of anilines is 1. The molecule has 2 N–H and O–H groups in total. The van der Waals surface area contributed by atoms with Crippen LogP contribution < -0.4 is 5.32 Å². The maximum atomic E-state index is 14.1. The largest absolute Gasteiger partial charge is 0.395 e.